The predicted molar refractivity (Wildman–Crippen MR) is 339 cm³/mol. The molecule has 2 unspecified atom stereocenters. The molecule has 0 fully saturated rings. The number of esters is 2. The van der Waals surface area contributed by atoms with E-state index in [4.69, 9.17) is 24.3 Å². The van der Waals surface area contributed by atoms with Crippen molar-refractivity contribution in [3.8, 4) is 0 Å². The number of carbonyl (C=O) groups is 2. The van der Waals surface area contributed by atoms with Crippen molar-refractivity contribution in [2.75, 3.05) is 26.4 Å². The normalized spacial score (nSPS) is 13.5. The Morgan fingerprint density at radius 3 is 1.04 bits per heavy atom. The molecule has 0 rings (SSSR count). The van der Waals surface area contributed by atoms with E-state index in [-0.39, 0.29) is 38.6 Å². The van der Waals surface area contributed by atoms with E-state index in [9.17, 15) is 19.0 Å². The molecule has 0 heterocycles. The molecule has 0 radical (unpaired) electrons. The lowest BCUT2D eigenvalue weighted by molar-refractivity contribution is -0.161. The summed E-state index contributed by atoms with van der Waals surface area (Å²) in [5.41, 5.74) is 5.40. The Labute approximate surface area is 487 Å². The molecule has 9 nitrogen and oxygen atoms in total. The second kappa shape index (κ2) is 64.4. The number of carbonyl (C=O) groups excluding carboxylic acids is 2. The summed E-state index contributed by atoms with van der Waals surface area (Å²) in [6.45, 7) is 3.65. The molecule has 458 valence electrons. The summed E-state index contributed by atoms with van der Waals surface area (Å²) in [7, 11) is -4.40. The van der Waals surface area contributed by atoms with E-state index in [1.807, 2.05) is 0 Å². The summed E-state index contributed by atoms with van der Waals surface area (Å²) in [6.07, 6.45) is 85.2. The number of allylic oxidation sites excluding steroid dienone is 14. The number of phosphoric ester groups is 1. The third kappa shape index (κ3) is 64.2. The Morgan fingerprint density at radius 1 is 0.392 bits per heavy atom. The van der Waals surface area contributed by atoms with Crippen molar-refractivity contribution >= 4 is 19.8 Å². The molecular weight excluding hydrogens is 1000 g/mol. The zero-order valence-corrected chi connectivity index (χ0v) is 52.2. The average Bonchev–Trinajstić information content (AvgIpc) is 3.44. The Morgan fingerprint density at radius 2 is 0.696 bits per heavy atom. The minimum atomic E-state index is -4.40. The smallest absolute Gasteiger partial charge is 0.462 e. The summed E-state index contributed by atoms with van der Waals surface area (Å²) in [5, 5.41) is 0. The molecule has 2 atom stereocenters. The predicted octanol–water partition coefficient (Wildman–Crippen LogP) is 21.4. The van der Waals surface area contributed by atoms with Crippen LogP contribution in [0.5, 0.6) is 0 Å². The fourth-order valence-electron chi connectivity index (χ4n) is 9.40. The number of ether oxygens (including phenoxy) is 2. The van der Waals surface area contributed by atoms with Crippen molar-refractivity contribution in [1.29, 1.82) is 0 Å². The Hall–Kier alpha value is -2.81. The molecule has 79 heavy (non-hydrogen) atoms. The van der Waals surface area contributed by atoms with Crippen LogP contribution in [0.1, 0.15) is 309 Å². The summed E-state index contributed by atoms with van der Waals surface area (Å²) >= 11 is 0. The van der Waals surface area contributed by atoms with Crippen LogP contribution in [-0.4, -0.2) is 49.3 Å². The fourth-order valence-corrected chi connectivity index (χ4v) is 10.2. The van der Waals surface area contributed by atoms with Gasteiger partial charge in [-0.05, 0) is 89.9 Å². The molecule has 0 aromatic carbocycles. The second-order valence-electron chi connectivity index (χ2n) is 22.0. The highest BCUT2D eigenvalue weighted by Crippen LogP contribution is 2.43. The van der Waals surface area contributed by atoms with Gasteiger partial charge in [-0.15, -0.1) is 0 Å². The van der Waals surface area contributed by atoms with Gasteiger partial charge >= 0.3 is 19.8 Å². The van der Waals surface area contributed by atoms with Crippen LogP contribution in [0.25, 0.3) is 0 Å². The summed E-state index contributed by atoms with van der Waals surface area (Å²) in [5.74, 6) is -0.822. The largest absolute Gasteiger partial charge is 0.472 e. The van der Waals surface area contributed by atoms with E-state index < -0.39 is 26.5 Å². The molecule has 0 spiro atoms. The topological polar surface area (TPSA) is 134 Å². The first kappa shape index (κ1) is 76.2. The van der Waals surface area contributed by atoms with Crippen molar-refractivity contribution in [2.24, 2.45) is 5.73 Å². The van der Waals surface area contributed by atoms with E-state index in [0.29, 0.717) is 6.42 Å². The second-order valence-corrected chi connectivity index (χ2v) is 23.4. The molecule has 0 saturated carbocycles. The number of nitrogens with two attached hydrogens (primary N) is 1. The number of phosphoric acid groups is 1. The minimum Gasteiger partial charge on any atom is -0.462 e. The maximum absolute atomic E-state index is 12.7. The highest BCUT2D eigenvalue weighted by atomic mass is 31.2. The van der Waals surface area contributed by atoms with Gasteiger partial charge in [-0.1, -0.05) is 292 Å². The number of hydrogen-bond donors (Lipinski definition) is 2. The van der Waals surface area contributed by atoms with Gasteiger partial charge in [0.1, 0.15) is 6.61 Å². The molecule has 10 heteroatoms. The zero-order chi connectivity index (χ0) is 57.3. The van der Waals surface area contributed by atoms with Gasteiger partial charge in [0.2, 0.25) is 0 Å². The van der Waals surface area contributed by atoms with Crippen LogP contribution in [-0.2, 0) is 32.7 Å². The molecular formula is C69H124NO8P. The van der Waals surface area contributed by atoms with Crippen LogP contribution in [0.3, 0.4) is 0 Å². The lowest BCUT2D eigenvalue weighted by Crippen LogP contribution is -2.29. The number of hydrogen-bond acceptors (Lipinski definition) is 8. The molecule has 0 aliphatic rings. The van der Waals surface area contributed by atoms with Crippen LogP contribution in [0.2, 0.25) is 0 Å². The van der Waals surface area contributed by atoms with Crippen LogP contribution in [0.4, 0.5) is 0 Å². The first-order chi connectivity index (χ1) is 38.8. The summed E-state index contributed by atoms with van der Waals surface area (Å²) in [4.78, 5) is 35.3. The van der Waals surface area contributed by atoms with Crippen molar-refractivity contribution in [3.05, 3.63) is 85.1 Å². The molecule has 3 N–H and O–H groups in total. The maximum Gasteiger partial charge on any atom is 0.472 e. The van der Waals surface area contributed by atoms with Gasteiger partial charge in [0.05, 0.1) is 13.2 Å². The van der Waals surface area contributed by atoms with E-state index in [0.717, 1.165) is 83.5 Å². The van der Waals surface area contributed by atoms with Crippen molar-refractivity contribution < 1.29 is 37.6 Å². The molecule has 0 aliphatic heterocycles. The Balaban J connectivity index is 3.89. The van der Waals surface area contributed by atoms with Crippen molar-refractivity contribution in [2.45, 2.75) is 315 Å². The van der Waals surface area contributed by atoms with Crippen LogP contribution >= 0.6 is 7.82 Å². The van der Waals surface area contributed by atoms with Crippen LogP contribution in [0.15, 0.2) is 85.1 Å². The first-order valence-corrected chi connectivity index (χ1v) is 34.6. The number of rotatable bonds is 62. The Kier molecular flexibility index (Phi) is 62.1. The van der Waals surface area contributed by atoms with Gasteiger partial charge < -0.3 is 20.1 Å². The quantitative estimate of drug-likeness (QED) is 0.0264. The lowest BCUT2D eigenvalue weighted by Gasteiger charge is -2.19. The molecule has 0 bridgehead atoms. The standard InChI is InChI=1S/C69H124NO8P/c1-3-5-7-9-11-13-15-17-19-21-23-25-27-29-31-32-33-34-36-37-39-41-43-45-47-49-51-53-55-57-59-61-68(71)75-65-67(66-77-79(73,74)76-64-63-70)78-69(72)62-60-58-56-54-52-50-48-46-44-42-40-38-35-30-28-26-24-22-20-18-16-14-12-10-8-6-4-2/h6,8,12,14-15,17-18,20-21,23-24,26,30,35,67H,3-5,7,9-11,13,16,19,22,25,27-29,31-34,36-66,70H2,1-2H3,(H,73,74)/b8-6-,14-12-,17-15-,20-18-,23-21-,26-24-,35-30-. The summed E-state index contributed by atoms with van der Waals surface area (Å²) < 4.78 is 33.1. The molecule has 0 saturated heterocycles. The molecule has 0 aliphatic carbocycles. The highest BCUT2D eigenvalue weighted by Gasteiger charge is 2.26. The fraction of sp³-hybridized carbons (Fsp3) is 0.768. The van der Waals surface area contributed by atoms with Gasteiger partial charge in [0.15, 0.2) is 6.10 Å². The Bertz CT molecular complexity index is 1570. The van der Waals surface area contributed by atoms with E-state index in [1.54, 1.807) is 0 Å². The molecule has 0 aromatic heterocycles. The van der Waals surface area contributed by atoms with Gasteiger partial charge in [-0.2, -0.15) is 0 Å². The third-order valence-corrected chi connectivity index (χ3v) is 15.2. The molecule has 0 amide bonds. The van der Waals surface area contributed by atoms with Crippen molar-refractivity contribution in [3.63, 3.8) is 0 Å². The van der Waals surface area contributed by atoms with Gasteiger partial charge in [-0.25, -0.2) is 4.57 Å². The van der Waals surface area contributed by atoms with Crippen LogP contribution in [0, 0.1) is 0 Å². The van der Waals surface area contributed by atoms with E-state index >= 15 is 0 Å². The first-order valence-electron chi connectivity index (χ1n) is 33.1. The van der Waals surface area contributed by atoms with Gasteiger partial charge in [0, 0.05) is 19.4 Å². The summed E-state index contributed by atoms with van der Waals surface area (Å²) in [6, 6.07) is 0. The van der Waals surface area contributed by atoms with E-state index in [1.165, 1.54) is 193 Å². The average molecular weight is 1130 g/mol. The SMILES string of the molecule is CC/C=C\C/C=C\C/C=C\C/C=C\C/C=C\CCCCCCCCCCCCCC(=O)OC(COC(=O)CCCCCCCCCCCCCCCCCCCCC/C=C\C/C=C\CCCCCCC)COP(=O)(O)OCCN. The zero-order valence-electron chi connectivity index (χ0n) is 51.3. The maximum atomic E-state index is 12.7. The monoisotopic (exact) mass is 1130 g/mol. The van der Waals surface area contributed by atoms with Crippen LogP contribution < -0.4 is 5.73 Å². The number of unbranched alkanes of at least 4 members (excludes halogenated alkanes) is 35. The van der Waals surface area contributed by atoms with Crippen molar-refractivity contribution in [1.82, 2.24) is 0 Å². The van der Waals surface area contributed by atoms with Gasteiger partial charge in [-0.3, -0.25) is 18.6 Å². The molecule has 0 aromatic rings. The third-order valence-electron chi connectivity index (χ3n) is 14.3. The van der Waals surface area contributed by atoms with Gasteiger partial charge in [0.25, 0.3) is 0 Å². The van der Waals surface area contributed by atoms with E-state index in [2.05, 4.69) is 98.9 Å². The highest BCUT2D eigenvalue weighted by molar-refractivity contribution is 7.47. The minimum absolute atomic E-state index is 0.0510. The lowest BCUT2D eigenvalue weighted by atomic mass is 10.0.